The van der Waals surface area contributed by atoms with Crippen molar-refractivity contribution in [2.45, 2.75) is 0 Å². The highest BCUT2D eigenvalue weighted by atomic mass is 35.5. The van der Waals surface area contributed by atoms with E-state index in [-0.39, 0.29) is 0 Å². The fourth-order valence-electron chi connectivity index (χ4n) is 2.39. The Hall–Kier alpha value is -2.63. The molecule has 0 atom stereocenters. The molecule has 4 aromatic rings. The molecular weight excluding hydrogens is 344 g/mol. The van der Waals surface area contributed by atoms with Gasteiger partial charge in [-0.2, -0.15) is 0 Å². The molecule has 0 saturated heterocycles. The summed E-state index contributed by atoms with van der Waals surface area (Å²) in [5.74, 6) is 0. The van der Waals surface area contributed by atoms with E-state index >= 15 is 0 Å². The molecule has 2 aromatic heterocycles. The van der Waals surface area contributed by atoms with Gasteiger partial charge in [0, 0.05) is 21.5 Å². The first-order valence-corrected chi connectivity index (χ1v) is 8.46. The van der Waals surface area contributed by atoms with Crippen LogP contribution in [0.5, 0.6) is 0 Å². The van der Waals surface area contributed by atoms with Crippen molar-refractivity contribution >= 4 is 44.7 Å². The summed E-state index contributed by atoms with van der Waals surface area (Å²) in [5.41, 5.74) is 2.05. The number of halogens is 1. The van der Waals surface area contributed by atoms with Gasteiger partial charge in [0.2, 0.25) is 0 Å². The third-order valence-electron chi connectivity index (χ3n) is 3.50. The van der Waals surface area contributed by atoms with Crippen molar-refractivity contribution in [3.05, 3.63) is 75.4 Å². The van der Waals surface area contributed by atoms with Gasteiger partial charge in [-0.25, -0.2) is 9.78 Å². The molecular formula is C18H11ClN2O2S. The van der Waals surface area contributed by atoms with Crippen molar-refractivity contribution in [2.75, 3.05) is 5.32 Å². The van der Waals surface area contributed by atoms with Crippen LogP contribution < -0.4 is 10.9 Å². The number of nitrogens with one attached hydrogen (secondary N) is 1. The van der Waals surface area contributed by atoms with E-state index in [1.807, 2.05) is 41.8 Å². The molecule has 24 heavy (non-hydrogen) atoms. The summed E-state index contributed by atoms with van der Waals surface area (Å²) in [7, 11) is 0. The molecule has 0 unspecified atom stereocenters. The minimum Gasteiger partial charge on any atom is -0.422 e. The van der Waals surface area contributed by atoms with E-state index in [9.17, 15) is 4.79 Å². The Balaban J connectivity index is 1.70. The zero-order valence-corrected chi connectivity index (χ0v) is 13.9. The number of nitrogens with zero attached hydrogens (tertiary/aromatic N) is 1. The molecule has 0 spiro atoms. The highest BCUT2D eigenvalue weighted by molar-refractivity contribution is 7.14. The quantitative estimate of drug-likeness (QED) is 0.506. The largest absolute Gasteiger partial charge is 0.422 e. The molecule has 118 valence electrons. The van der Waals surface area contributed by atoms with Gasteiger partial charge in [0.05, 0.1) is 11.3 Å². The van der Waals surface area contributed by atoms with Gasteiger partial charge >= 0.3 is 5.63 Å². The fraction of sp³-hybridized carbons (Fsp3) is 0. The fourth-order valence-corrected chi connectivity index (χ4v) is 3.31. The number of hydrogen-bond acceptors (Lipinski definition) is 5. The number of aromatic nitrogens is 1. The number of rotatable bonds is 3. The van der Waals surface area contributed by atoms with Crippen LogP contribution in [0, 0.1) is 0 Å². The molecule has 4 nitrogen and oxygen atoms in total. The molecule has 6 heteroatoms. The lowest BCUT2D eigenvalue weighted by Gasteiger charge is -2.02. The highest BCUT2D eigenvalue weighted by Gasteiger charge is 2.11. The first-order chi connectivity index (χ1) is 11.7. The van der Waals surface area contributed by atoms with Gasteiger partial charge < -0.3 is 9.73 Å². The standard InChI is InChI=1S/C18H11ClN2O2S/c19-12-5-3-6-13(9-12)20-18-21-15(10-24-18)14-8-11-4-1-2-7-16(11)23-17(14)22/h1-10H,(H,20,21). The van der Waals surface area contributed by atoms with Crippen LogP contribution in [0.15, 0.2) is 69.2 Å². The second-order valence-corrected chi connectivity index (χ2v) is 6.45. The van der Waals surface area contributed by atoms with E-state index < -0.39 is 5.63 Å². The second-order valence-electron chi connectivity index (χ2n) is 5.16. The summed E-state index contributed by atoms with van der Waals surface area (Å²) in [6.45, 7) is 0. The lowest BCUT2D eigenvalue weighted by molar-refractivity contribution is 0.563. The molecule has 1 N–H and O–H groups in total. The van der Waals surface area contributed by atoms with E-state index in [2.05, 4.69) is 10.3 Å². The predicted octanol–water partition coefficient (Wildman–Crippen LogP) is 5.31. The summed E-state index contributed by atoms with van der Waals surface area (Å²) in [4.78, 5) is 16.7. The number of anilines is 2. The van der Waals surface area contributed by atoms with Crippen LogP contribution in [-0.4, -0.2) is 4.98 Å². The Morgan fingerprint density at radius 3 is 2.83 bits per heavy atom. The average Bonchev–Trinajstić information content (AvgIpc) is 3.02. The van der Waals surface area contributed by atoms with Crippen LogP contribution in [0.2, 0.25) is 5.02 Å². The molecule has 0 saturated carbocycles. The Morgan fingerprint density at radius 1 is 1.08 bits per heavy atom. The summed E-state index contributed by atoms with van der Waals surface area (Å²) in [6.07, 6.45) is 0. The Labute approximate surface area is 146 Å². The number of para-hydroxylation sites is 1. The van der Waals surface area contributed by atoms with Gasteiger partial charge in [0.1, 0.15) is 5.58 Å². The minimum atomic E-state index is -0.395. The maximum atomic E-state index is 12.2. The molecule has 2 heterocycles. The number of fused-ring (bicyclic) bond motifs is 1. The van der Waals surface area contributed by atoms with Crippen molar-refractivity contribution in [3.8, 4) is 11.3 Å². The predicted molar refractivity (Wildman–Crippen MR) is 98.3 cm³/mol. The minimum absolute atomic E-state index is 0.395. The van der Waals surface area contributed by atoms with E-state index in [4.69, 9.17) is 16.0 Å². The maximum Gasteiger partial charge on any atom is 0.345 e. The van der Waals surface area contributed by atoms with E-state index in [1.54, 1.807) is 18.2 Å². The van der Waals surface area contributed by atoms with Crippen LogP contribution in [0.1, 0.15) is 0 Å². The van der Waals surface area contributed by atoms with Crippen molar-refractivity contribution in [1.82, 2.24) is 4.98 Å². The Kier molecular flexibility index (Phi) is 3.80. The average molecular weight is 355 g/mol. The van der Waals surface area contributed by atoms with Gasteiger partial charge in [-0.1, -0.05) is 35.9 Å². The van der Waals surface area contributed by atoms with Crippen LogP contribution in [0.4, 0.5) is 10.8 Å². The van der Waals surface area contributed by atoms with Crippen molar-refractivity contribution < 1.29 is 4.42 Å². The molecule has 0 amide bonds. The molecule has 0 bridgehead atoms. The van der Waals surface area contributed by atoms with Gasteiger partial charge in [-0.3, -0.25) is 0 Å². The van der Waals surface area contributed by atoms with Gasteiger partial charge in [0.25, 0.3) is 0 Å². The van der Waals surface area contributed by atoms with E-state index in [0.717, 1.165) is 11.1 Å². The molecule has 4 rings (SSSR count). The molecule has 0 radical (unpaired) electrons. The van der Waals surface area contributed by atoms with Crippen molar-refractivity contribution in [3.63, 3.8) is 0 Å². The van der Waals surface area contributed by atoms with Crippen LogP contribution in [-0.2, 0) is 0 Å². The van der Waals surface area contributed by atoms with Crippen molar-refractivity contribution in [2.24, 2.45) is 0 Å². The molecule has 0 aliphatic carbocycles. The third-order valence-corrected chi connectivity index (χ3v) is 4.49. The van der Waals surface area contributed by atoms with Crippen LogP contribution in [0.3, 0.4) is 0 Å². The summed E-state index contributed by atoms with van der Waals surface area (Å²) in [5, 5.41) is 7.20. The molecule has 0 aliphatic rings. The second kappa shape index (κ2) is 6.11. The number of benzene rings is 2. The van der Waals surface area contributed by atoms with Crippen LogP contribution in [0.25, 0.3) is 22.2 Å². The first-order valence-electron chi connectivity index (χ1n) is 7.20. The number of hydrogen-bond donors (Lipinski definition) is 1. The summed E-state index contributed by atoms with van der Waals surface area (Å²) in [6, 6.07) is 16.6. The van der Waals surface area contributed by atoms with Gasteiger partial charge in [-0.05, 0) is 30.3 Å². The van der Waals surface area contributed by atoms with E-state index in [0.29, 0.717) is 27.0 Å². The lowest BCUT2D eigenvalue weighted by atomic mass is 10.1. The van der Waals surface area contributed by atoms with E-state index in [1.165, 1.54) is 11.3 Å². The Bertz CT molecular complexity index is 1090. The number of thiazole rings is 1. The SMILES string of the molecule is O=c1oc2ccccc2cc1-c1csc(Nc2cccc(Cl)c2)n1. The monoisotopic (exact) mass is 354 g/mol. The Morgan fingerprint density at radius 2 is 1.96 bits per heavy atom. The summed E-state index contributed by atoms with van der Waals surface area (Å²) >= 11 is 7.39. The highest BCUT2D eigenvalue weighted by Crippen LogP contribution is 2.28. The van der Waals surface area contributed by atoms with Crippen LogP contribution >= 0.6 is 22.9 Å². The topological polar surface area (TPSA) is 55.1 Å². The molecule has 0 fully saturated rings. The molecule has 0 aliphatic heterocycles. The molecule has 2 aromatic carbocycles. The smallest absolute Gasteiger partial charge is 0.345 e. The first kappa shape index (κ1) is 14.9. The van der Waals surface area contributed by atoms with Gasteiger partial charge in [-0.15, -0.1) is 11.3 Å². The zero-order valence-electron chi connectivity index (χ0n) is 12.3. The lowest BCUT2D eigenvalue weighted by Crippen LogP contribution is -2.02. The van der Waals surface area contributed by atoms with Crippen molar-refractivity contribution in [1.29, 1.82) is 0 Å². The third kappa shape index (κ3) is 2.91. The normalized spacial score (nSPS) is 10.9. The summed E-state index contributed by atoms with van der Waals surface area (Å²) < 4.78 is 5.36. The maximum absolute atomic E-state index is 12.2. The zero-order chi connectivity index (χ0) is 16.5. The van der Waals surface area contributed by atoms with Gasteiger partial charge in [0.15, 0.2) is 5.13 Å².